The molecule has 1 heterocycles. The second-order valence-corrected chi connectivity index (χ2v) is 18.8. The van der Waals surface area contributed by atoms with E-state index in [4.69, 9.17) is 0 Å². The Hall–Kier alpha value is -3.43. The van der Waals surface area contributed by atoms with Crippen molar-refractivity contribution >= 4 is 29.7 Å². The molecular weight excluding hydrogens is 681 g/mol. The van der Waals surface area contributed by atoms with Crippen molar-refractivity contribution in [2.24, 2.45) is 0 Å². The molecule has 0 aliphatic carbocycles. The molecule has 0 spiro atoms. The third kappa shape index (κ3) is 7.53. The summed E-state index contributed by atoms with van der Waals surface area (Å²) in [6.45, 7) is 5.92. The predicted octanol–water partition coefficient (Wildman–Crippen LogP) is 3.58. The second-order valence-electron chi connectivity index (χ2n) is 12.4. The summed E-state index contributed by atoms with van der Waals surface area (Å²) in [5.74, 6) is 0. The molecule has 0 atom stereocenters. The van der Waals surface area contributed by atoms with Gasteiger partial charge in [0.05, 0.1) is 14.7 Å². The number of sulfone groups is 2. The molecule has 13 heteroatoms. The van der Waals surface area contributed by atoms with E-state index in [1.165, 1.54) is 36.4 Å². The molecular formula is C36H44N4O6S3. The molecule has 0 amide bonds. The first-order valence-corrected chi connectivity index (χ1v) is 20.6. The molecule has 0 saturated carbocycles. The van der Waals surface area contributed by atoms with Crippen LogP contribution in [0.15, 0.2) is 112 Å². The van der Waals surface area contributed by atoms with Crippen molar-refractivity contribution in [3.05, 3.63) is 125 Å². The van der Waals surface area contributed by atoms with Crippen LogP contribution >= 0.6 is 0 Å². The maximum atomic E-state index is 15.2. The van der Waals surface area contributed by atoms with E-state index in [1.54, 1.807) is 44.2 Å². The molecule has 1 aliphatic heterocycles. The number of nitrogens with one attached hydrogen (secondary N) is 3. The Labute approximate surface area is 290 Å². The monoisotopic (exact) mass is 724 g/mol. The molecule has 49 heavy (non-hydrogen) atoms. The van der Waals surface area contributed by atoms with Gasteiger partial charge < -0.3 is 16.0 Å². The average Bonchev–Trinajstić information content (AvgIpc) is 3.06. The minimum atomic E-state index is -5.00. The van der Waals surface area contributed by atoms with E-state index >= 15 is 25.3 Å². The number of hydrogen-bond donors (Lipinski definition) is 3. The molecule has 1 saturated heterocycles. The lowest BCUT2D eigenvalue weighted by atomic mass is 10.0. The van der Waals surface area contributed by atoms with Gasteiger partial charge in [-0.05, 0) is 80.3 Å². The van der Waals surface area contributed by atoms with Gasteiger partial charge in [-0.2, -0.15) is 4.31 Å². The van der Waals surface area contributed by atoms with Crippen LogP contribution in [0, 0.1) is 20.8 Å². The summed E-state index contributed by atoms with van der Waals surface area (Å²) < 4.78 is 88.8. The lowest BCUT2D eigenvalue weighted by Gasteiger charge is -2.42. The number of aryl methyl sites for hydroxylation is 3. The summed E-state index contributed by atoms with van der Waals surface area (Å²) in [6.07, 6.45) is 0.431. The molecule has 4 aromatic carbocycles. The Bertz CT molecular complexity index is 2000. The van der Waals surface area contributed by atoms with Crippen LogP contribution in [0.4, 0.5) is 0 Å². The average molecular weight is 725 g/mol. The van der Waals surface area contributed by atoms with Gasteiger partial charge in [-0.1, -0.05) is 71.8 Å². The molecule has 0 aromatic heterocycles. The van der Waals surface area contributed by atoms with Gasteiger partial charge in [0.1, 0.15) is 0 Å². The smallest absolute Gasteiger partial charge is 0.260 e. The molecule has 0 unspecified atom stereocenters. The Morgan fingerprint density at radius 3 is 1.63 bits per heavy atom. The molecule has 0 radical (unpaired) electrons. The first-order chi connectivity index (χ1) is 23.3. The van der Waals surface area contributed by atoms with Crippen molar-refractivity contribution in [3.63, 3.8) is 0 Å². The van der Waals surface area contributed by atoms with E-state index < -0.39 is 47.0 Å². The summed E-state index contributed by atoms with van der Waals surface area (Å²) in [6, 6.07) is 25.8. The van der Waals surface area contributed by atoms with Crippen molar-refractivity contribution in [2.75, 3.05) is 45.8 Å². The first-order valence-electron chi connectivity index (χ1n) is 16.2. The normalized spacial score (nSPS) is 17.1. The molecule has 5 rings (SSSR count). The maximum absolute atomic E-state index is 15.2. The third-order valence-electron chi connectivity index (χ3n) is 8.83. The van der Waals surface area contributed by atoms with E-state index in [9.17, 15) is 0 Å². The Morgan fingerprint density at radius 2 is 1.08 bits per heavy atom. The van der Waals surface area contributed by atoms with E-state index in [2.05, 4.69) is 16.0 Å². The third-order valence-corrected chi connectivity index (χ3v) is 16.5. The van der Waals surface area contributed by atoms with Gasteiger partial charge in [-0.25, -0.2) is 25.3 Å². The Kier molecular flexibility index (Phi) is 11.4. The highest BCUT2D eigenvalue weighted by Gasteiger charge is 2.63. The highest BCUT2D eigenvalue weighted by molar-refractivity contribution is 8.11. The summed E-state index contributed by atoms with van der Waals surface area (Å²) in [5.41, 5.74) is 4.05. The fourth-order valence-corrected chi connectivity index (χ4v) is 13.4. The second kappa shape index (κ2) is 15.2. The van der Waals surface area contributed by atoms with Crippen LogP contribution in [0.3, 0.4) is 0 Å². The van der Waals surface area contributed by atoms with Crippen molar-refractivity contribution in [1.82, 2.24) is 20.3 Å². The summed E-state index contributed by atoms with van der Waals surface area (Å²) in [4.78, 5) is -0.800. The van der Waals surface area contributed by atoms with Crippen LogP contribution in [-0.4, -0.2) is 79.6 Å². The van der Waals surface area contributed by atoms with Crippen molar-refractivity contribution in [2.45, 2.75) is 46.1 Å². The molecule has 3 N–H and O–H groups in total. The van der Waals surface area contributed by atoms with Gasteiger partial charge in [-0.15, -0.1) is 0 Å². The zero-order valence-electron chi connectivity index (χ0n) is 28.0. The van der Waals surface area contributed by atoms with Crippen molar-refractivity contribution in [3.8, 4) is 0 Å². The standard InChI is InChI=1S/C36H44N4O6S3/c1-28-9-14-33(15-10-28)47(41,42)36(48(43,44)34-16-11-29(2)12-17-34)27-39-22-21-37-19-20-38-23-24-40(36)49(45,46)35-18-13-30(3)32(26-35)25-31-7-5-4-6-8-31/h4-18,26,37-39H,19-25,27H2,1-3H3. The molecule has 4 aromatic rings. The first kappa shape index (κ1) is 36.8. The number of benzene rings is 4. The number of sulfonamides is 1. The predicted molar refractivity (Wildman–Crippen MR) is 192 cm³/mol. The molecule has 1 fully saturated rings. The summed E-state index contributed by atoms with van der Waals surface area (Å²) in [5, 5.41) is 9.42. The largest absolute Gasteiger partial charge is 0.314 e. The highest BCUT2D eigenvalue weighted by Crippen LogP contribution is 2.42. The zero-order chi connectivity index (χ0) is 35.3. The maximum Gasteiger partial charge on any atom is 0.260 e. The van der Waals surface area contributed by atoms with Crippen molar-refractivity contribution < 1.29 is 25.3 Å². The van der Waals surface area contributed by atoms with Crippen molar-refractivity contribution in [1.29, 1.82) is 0 Å². The summed E-state index contributed by atoms with van der Waals surface area (Å²) >= 11 is 0. The minimum absolute atomic E-state index is 0.00176. The summed E-state index contributed by atoms with van der Waals surface area (Å²) in [7, 11) is -14.8. The number of hydrogen-bond acceptors (Lipinski definition) is 9. The molecule has 0 bridgehead atoms. The van der Waals surface area contributed by atoms with Crippen LogP contribution in [0.5, 0.6) is 0 Å². The Morgan fingerprint density at radius 1 is 0.592 bits per heavy atom. The number of rotatable bonds is 8. The lowest BCUT2D eigenvalue weighted by Crippen LogP contribution is -2.67. The van der Waals surface area contributed by atoms with E-state index in [0.29, 0.717) is 30.4 Å². The number of nitrogens with zero attached hydrogens (tertiary/aromatic N) is 1. The molecule has 10 nitrogen and oxygen atoms in total. The van der Waals surface area contributed by atoms with Crippen LogP contribution in [0.2, 0.25) is 0 Å². The quantitative estimate of drug-likeness (QED) is 0.249. The van der Waals surface area contributed by atoms with Gasteiger partial charge >= 0.3 is 0 Å². The van der Waals surface area contributed by atoms with Gasteiger partial charge in [0.25, 0.3) is 4.20 Å². The minimum Gasteiger partial charge on any atom is -0.314 e. The zero-order valence-corrected chi connectivity index (χ0v) is 30.5. The fourth-order valence-electron chi connectivity index (χ4n) is 5.94. The lowest BCUT2D eigenvalue weighted by molar-refractivity contribution is 0.319. The van der Waals surface area contributed by atoms with E-state index in [0.717, 1.165) is 27.8 Å². The molecule has 1 aliphatic rings. The van der Waals surface area contributed by atoms with Gasteiger partial charge in [0, 0.05) is 45.8 Å². The Balaban J connectivity index is 1.81. The van der Waals surface area contributed by atoms with Crippen LogP contribution in [-0.2, 0) is 36.1 Å². The van der Waals surface area contributed by atoms with E-state index in [1.807, 2.05) is 37.3 Å². The molecule has 262 valence electrons. The fraction of sp³-hybridized carbons (Fsp3) is 0.333. The van der Waals surface area contributed by atoms with Crippen LogP contribution in [0.1, 0.15) is 27.8 Å². The topological polar surface area (TPSA) is 142 Å². The van der Waals surface area contributed by atoms with Gasteiger partial charge in [0.15, 0.2) is 0 Å². The van der Waals surface area contributed by atoms with Crippen LogP contribution in [0.25, 0.3) is 0 Å². The van der Waals surface area contributed by atoms with Gasteiger partial charge in [0.2, 0.25) is 29.7 Å². The highest BCUT2D eigenvalue weighted by atomic mass is 32.3. The SMILES string of the molecule is Cc1ccc(S(=O)(=O)C2(S(=O)(=O)c3ccc(C)cc3)CNCCNCCNCCN2S(=O)(=O)c2ccc(C)c(Cc3ccccc3)c2)cc1. The van der Waals surface area contributed by atoms with Crippen LogP contribution < -0.4 is 16.0 Å². The van der Waals surface area contributed by atoms with Gasteiger partial charge in [-0.3, -0.25) is 0 Å². The van der Waals surface area contributed by atoms with E-state index in [-0.39, 0.29) is 27.8 Å².